The van der Waals surface area contributed by atoms with Crippen molar-refractivity contribution in [3.8, 4) is 6.07 Å². The lowest BCUT2D eigenvalue weighted by molar-refractivity contribution is 0.0282. The molecule has 0 aromatic heterocycles. The summed E-state index contributed by atoms with van der Waals surface area (Å²) in [6.45, 7) is 4.13. The summed E-state index contributed by atoms with van der Waals surface area (Å²) >= 11 is 0. The summed E-state index contributed by atoms with van der Waals surface area (Å²) < 4.78 is 44.1. The quantitative estimate of drug-likeness (QED) is 0.401. The van der Waals surface area contributed by atoms with Crippen molar-refractivity contribution in [1.82, 2.24) is 4.90 Å². The topological polar surface area (TPSA) is 71.8 Å². The van der Waals surface area contributed by atoms with Crippen LogP contribution in [0.3, 0.4) is 0 Å². The van der Waals surface area contributed by atoms with Gasteiger partial charge in [0.1, 0.15) is 5.54 Å². The third kappa shape index (κ3) is 6.91. The SMILES string of the molecule is [2H]C([2H])(CCC[C@@]1(C#N)CCC[C@@H](C)N1Cc1ccccc1)OP(=O)(OCC)OCC. The monoisotopic (exact) mass is 424 g/mol. The van der Waals surface area contributed by atoms with Gasteiger partial charge in [-0.1, -0.05) is 30.3 Å². The zero-order valence-electron chi connectivity index (χ0n) is 19.8. The summed E-state index contributed by atoms with van der Waals surface area (Å²) in [5, 5.41) is 10.2. The minimum Gasteiger partial charge on any atom is -0.287 e. The number of rotatable bonds is 12. The van der Waals surface area contributed by atoms with Crippen molar-refractivity contribution in [2.24, 2.45) is 0 Å². The fourth-order valence-corrected chi connectivity index (χ4v) is 4.99. The molecular weight excluding hydrogens is 387 g/mol. The summed E-state index contributed by atoms with van der Waals surface area (Å²) in [6, 6.07) is 12.9. The van der Waals surface area contributed by atoms with E-state index in [-0.39, 0.29) is 25.7 Å². The molecule has 1 aliphatic rings. The van der Waals surface area contributed by atoms with Gasteiger partial charge >= 0.3 is 7.82 Å². The van der Waals surface area contributed by atoms with Gasteiger partial charge in [0.05, 0.1) is 28.6 Å². The van der Waals surface area contributed by atoms with Crippen LogP contribution in [0.2, 0.25) is 0 Å². The molecule has 7 heteroatoms. The molecule has 1 saturated heterocycles. The van der Waals surface area contributed by atoms with Crippen molar-refractivity contribution in [3.63, 3.8) is 0 Å². The Morgan fingerprint density at radius 1 is 1.24 bits per heavy atom. The molecule has 162 valence electrons. The van der Waals surface area contributed by atoms with Gasteiger partial charge in [-0.25, -0.2) is 4.57 Å². The molecule has 2 atom stereocenters. The number of likely N-dealkylation sites (tertiary alicyclic amines) is 1. The van der Waals surface area contributed by atoms with Crippen LogP contribution in [0.5, 0.6) is 0 Å². The Kier molecular flexibility index (Phi) is 8.58. The number of nitrogens with zero attached hydrogens (tertiary/aromatic N) is 2. The van der Waals surface area contributed by atoms with Crippen LogP contribution in [0.15, 0.2) is 30.3 Å². The van der Waals surface area contributed by atoms with Crippen LogP contribution in [0, 0.1) is 11.3 Å². The molecule has 6 nitrogen and oxygen atoms in total. The minimum absolute atomic E-state index is 0.00583. The number of phosphoric ester groups is 1. The molecule has 1 aliphatic heterocycles. The molecule has 0 bridgehead atoms. The van der Waals surface area contributed by atoms with Crippen molar-refractivity contribution in [2.45, 2.75) is 77.4 Å². The summed E-state index contributed by atoms with van der Waals surface area (Å²) in [7, 11) is -3.96. The van der Waals surface area contributed by atoms with E-state index in [9.17, 15) is 9.83 Å². The maximum Gasteiger partial charge on any atom is 0.474 e. The third-order valence-electron chi connectivity index (χ3n) is 5.32. The number of hydrogen-bond donors (Lipinski definition) is 0. The van der Waals surface area contributed by atoms with E-state index in [0.717, 1.165) is 24.8 Å². The first kappa shape index (κ1) is 21.0. The van der Waals surface area contributed by atoms with Crippen molar-refractivity contribution in [1.29, 1.82) is 5.26 Å². The molecule has 0 spiro atoms. The van der Waals surface area contributed by atoms with Crippen molar-refractivity contribution < 1.29 is 20.9 Å². The van der Waals surface area contributed by atoms with Crippen LogP contribution in [0.25, 0.3) is 0 Å². The lowest BCUT2D eigenvalue weighted by Crippen LogP contribution is -2.54. The highest BCUT2D eigenvalue weighted by molar-refractivity contribution is 7.48. The van der Waals surface area contributed by atoms with Gasteiger partial charge in [0.2, 0.25) is 0 Å². The second kappa shape index (κ2) is 11.8. The van der Waals surface area contributed by atoms with Gasteiger partial charge in [-0.3, -0.25) is 18.5 Å². The molecule has 1 aromatic carbocycles. The lowest BCUT2D eigenvalue weighted by atomic mass is 9.80. The first-order chi connectivity index (χ1) is 14.7. The number of hydrogen-bond acceptors (Lipinski definition) is 6. The molecule has 0 unspecified atom stereocenters. The van der Waals surface area contributed by atoms with Gasteiger partial charge in [-0.2, -0.15) is 5.26 Å². The molecule has 1 fully saturated rings. The Morgan fingerprint density at radius 2 is 1.93 bits per heavy atom. The van der Waals surface area contributed by atoms with E-state index in [1.165, 1.54) is 0 Å². The Hall–Kier alpha value is -1.22. The first-order valence-corrected chi connectivity index (χ1v) is 12.0. The van der Waals surface area contributed by atoms with Gasteiger partial charge in [0.15, 0.2) is 0 Å². The minimum atomic E-state index is -3.96. The predicted molar refractivity (Wildman–Crippen MR) is 114 cm³/mol. The molecule has 29 heavy (non-hydrogen) atoms. The maximum absolute atomic E-state index is 12.5. The van der Waals surface area contributed by atoms with E-state index in [0.29, 0.717) is 19.4 Å². The number of nitriles is 1. The van der Waals surface area contributed by atoms with E-state index >= 15 is 0 Å². The predicted octanol–water partition coefficient (Wildman–Crippen LogP) is 5.69. The molecule has 0 saturated carbocycles. The van der Waals surface area contributed by atoms with Crippen molar-refractivity contribution in [2.75, 3.05) is 19.8 Å². The average molecular weight is 425 g/mol. The molecule has 0 aliphatic carbocycles. The van der Waals surface area contributed by atoms with Crippen LogP contribution >= 0.6 is 7.82 Å². The molecule has 1 heterocycles. The van der Waals surface area contributed by atoms with E-state index in [2.05, 4.69) is 30.0 Å². The summed E-state index contributed by atoms with van der Waals surface area (Å²) in [5.41, 5.74) is 0.497. The molecule has 2 rings (SSSR count). The second-order valence-corrected chi connectivity index (χ2v) is 8.96. The molecule has 0 amide bonds. The van der Waals surface area contributed by atoms with E-state index in [1.54, 1.807) is 13.8 Å². The zero-order valence-corrected chi connectivity index (χ0v) is 18.7. The first-order valence-electron chi connectivity index (χ1n) is 11.5. The standard InChI is InChI=1S/C22H35N2O4P/c1-4-26-29(25,27-5-2)28-17-10-9-15-22(19-23)16-11-12-20(3)24(22)18-21-13-7-6-8-14-21/h6-8,13-14,20H,4-5,9-12,15-18H2,1-3H3/t20-,22+/m1/s1/i17D2. The molecular formula is C22H35N2O4P. The normalized spacial score (nSPS) is 24.6. The molecule has 0 N–H and O–H groups in total. The number of piperidine rings is 1. The van der Waals surface area contributed by atoms with E-state index in [4.69, 9.17) is 16.3 Å². The van der Waals surface area contributed by atoms with Crippen LogP contribution in [-0.2, 0) is 24.7 Å². The smallest absolute Gasteiger partial charge is 0.287 e. The van der Waals surface area contributed by atoms with Crippen LogP contribution in [-0.4, -0.2) is 36.3 Å². The van der Waals surface area contributed by atoms with Gasteiger partial charge in [0.25, 0.3) is 0 Å². The van der Waals surface area contributed by atoms with Gasteiger partial charge in [-0.05, 0) is 64.9 Å². The fraction of sp³-hybridized carbons (Fsp3) is 0.682. The lowest BCUT2D eigenvalue weighted by Gasteiger charge is -2.46. The highest BCUT2D eigenvalue weighted by Gasteiger charge is 2.41. The molecule has 1 aromatic rings. The van der Waals surface area contributed by atoms with Gasteiger partial charge < -0.3 is 0 Å². The number of benzene rings is 1. The van der Waals surface area contributed by atoms with Crippen molar-refractivity contribution in [3.05, 3.63) is 35.9 Å². The Balaban J connectivity index is 2.07. The Morgan fingerprint density at radius 3 is 2.55 bits per heavy atom. The summed E-state index contributed by atoms with van der Waals surface area (Å²) in [5.74, 6) is 0. The summed E-state index contributed by atoms with van der Waals surface area (Å²) in [6.07, 6.45) is 3.67. The van der Waals surface area contributed by atoms with Crippen LogP contribution < -0.4 is 0 Å². The van der Waals surface area contributed by atoms with E-state index in [1.807, 2.05) is 18.2 Å². The van der Waals surface area contributed by atoms with Gasteiger partial charge in [-0.15, -0.1) is 0 Å². The largest absolute Gasteiger partial charge is 0.474 e. The zero-order chi connectivity index (χ0) is 23.0. The van der Waals surface area contributed by atoms with Crippen LogP contribution in [0.4, 0.5) is 0 Å². The molecule has 0 radical (unpaired) electrons. The highest BCUT2D eigenvalue weighted by Crippen LogP contribution is 2.49. The Labute approximate surface area is 178 Å². The van der Waals surface area contributed by atoms with Gasteiger partial charge in [0, 0.05) is 12.6 Å². The number of phosphoric acid groups is 1. The summed E-state index contributed by atoms with van der Waals surface area (Å²) in [4.78, 5) is 2.26. The third-order valence-corrected chi connectivity index (χ3v) is 6.82. The fourth-order valence-electron chi connectivity index (χ4n) is 3.93. The average Bonchev–Trinajstić information content (AvgIpc) is 2.71. The highest BCUT2D eigenvalue weighted by atomic mass is 31.2. The maximum atomic E-state index is 12.5. The second-order valence-electron chi connectivity index (χ2n) is 7.37. The van der Waals surface area contributed by atoms with E-state index < -0.39 is 19.9 Å². The van der Waals surface area contributed by atoms with Crippen molar-refractivity contribution >= 4 is 7.82 Å². The Bertz CT molecular complexity index is 765. The van der Waals surface area contributed by atoms with Crippen LogP contribution in [0.1, 0.15) is 67.6 Å².